The van der Waals surface area contributed by atoms with Crippen LogP contribution in [-0.4, -0.2) is 32.8 Å². The molecule has 1 aliphatic rings. The molecule has 1 aromatic carbocycles. The van der Waals surface area contributed by atoms with E-state index in [0.717, 1.165) is 13.1 Å². The summed E-state index contributed by atoms with van der Waals surface area (Å²) in [4.78, 5) is 2.50. The number of ether oxygens (including phenoxy) is 1. The van der Waals surface area contributed by atoms with E-state index < -0.39 is 0 Å². The van der Waals surface area contributed by atoms with Crippen molar-refractivity contribution in [2.75, 3.05) is 31.6 Å². The number of hydrogen-bond acceptors (Lipinski definition) is 3. The van der Waals surface area contributed by atoms with E-state index in [1.54, 1.807) is 7.11 Å². The van der Waals surface area contributed by atoms with Crippen molar-refractivity contribution in [3.8, 4) is 0 Å². The monoisotopic (exact) mass is 262 g/mol. The maximum absolute atomic E-state index is 5.21. The third-order valence-corrected chi connectivity index (χ3v) is 3.69. The van der Waals surface area contributed by atoms with Gasteiger partial charge in [-0.2, -0.15) is 0 Å². The van der Waals surface area contributed by atoms with Gasteiger partial charge in [0.25, 0.3) is 0 Å². The molecule has 1 unspecified atom stereocenters. The van der Waals surface area contributed by atoms with E-state index in [2.05, 4.69) is 41.4 Å². The van der Waals surface area contributed by atoms with Gasteiger partial charge in [-0.25, -0.2) is 0 Å². The van der Waals surface area contributed by atoms with E-state index in [-0.39, 0.29) is 0 Å². The fraction of sp³-hybridized carbons (Fsp3) is 0.625. The molecule has 106 valence electrons. The van der Waals surface area contributed by atoms with Crippen LogP contribution < -0.4 is 10.2 Å². The summed E-state index contributed by atoms with van der Waals surface area (Å²) >= 11 is 0. The number of nitrogens with zero attached hydrogens (tertiary/aromatic N) is 1. The largest absolute Gasteiger partial charge is 0.380 e. The zero-order valence-electron chi connectivity index (χ0n) is 12.2. The van der Waals surface area contributed by atoms with Gasteiger partial charge in [0.1, 0.15) is 0 Å². The molecule has 1 aromatic rings. The van der Waals surface area contributed by atoms with E-state index in [0.29, 0.717) is 12.6 Å². The first kappa shape index (κ1) is 14.4. The third kappa shape index (κ3) is 4.22. The van der Waals surface area contributed by atoms with E-state index in [9.17, 15) is 0 Å². The highest BCUT2D eigenvalue weighted by Gasteiger charge is 2.19. The highest BCUT2D eigenvalue weighted by Crippen LogP contribution is 2.21. The summed E-state index contributed by atoms with van der Waals surface area (Å²) in [5, 5.41) is 3.64. The number of anilines is 1. The fourth-order valence-electron chi connectivity index (χ4n) is 2.74. The second-order valence-electron chi connectivity index (χ2n) is 5.34. The molecule has 0 aromatic heterocycles. The van der Waals surface area contributed by atoms with Crippen LogP contribution in [-0.2, 0) is 11.3 Å². The number of methoxy groups -OCH3 is 1. The van der Waals surface area contributed by atoms with Crippen molar-refractivity contribution in [3.63, 3.8) is 0 Å². The van der Waals surface area contributed by atoms with E-state index in [1.165, 1.54) is 37.1 Å². The summed E-state index contributed by atoms with van der Waals surface area (Å²) in [7, 11) is 1.75. The fourth-order valence-corrected chi connectivity index (χ4v) is 2.74. The van der Waals surface area contributed by atoms with Gasteiger partial charge in [-0.1, -0.05) is 19.1 Å². The van der Waals surface area contributed by atoms with E-state index in [4.69, 9.17) is 4.74 Å². The van der Waals surface area contributed by atoms with Gasteiger partial charge in [0.05, 0.1) is 6.61 Å². The van der Waals surface area contributed by atoms with Crippen LogP contribution in [0.5, 0.6) is 0 Å². The highest BCUT2D eigenvalue weighted by atomic mass is 16.5. The van der Waals surface area contributed by atoms with Crippen molar-refractivity contribution in [2.45, 2.75) is 38.8 Å². The molecule has 0 amide bonds. The molecular weight excluding hydrogens is 236 g/mol. The molecule has 1 heterocycles. The van der Waals surface area contributed by atoms with Gasteiger partial charge in [-0.05, 0) is 43.5 Å². The minimum absolute atomic E-state index is 0.639. The molecule has 0 saturated carbocycles. The van der Waals surface area contributed by atoms with Crippen LogP contribution >= 0.6 is 0 Å². The van der Waals surface area contributed by atoms with Gasteiger partial charge in [-0.15, -0.1) is 0 Å². The maximum Gasteiger partial charge on any atom is 0.0713 e. The van der Waals surface area contributed by atoms with Crippen LogP contribution in [0.25, 0.3) is 0 Å². The van der Waals surface area contributed by atoms with Crippen molar-refractivity contribution in [1.82, 2.24) is 5.32 Å². The predicted molar refractivity (Wildman–Crippen MR) is 80.7 cm³/mol. The van der Waals surface area contributed by atoms with Gasteiger partial charge >= 0.3 is 0 Å². The van der Waals surface area contributed by atoms with Gasteiger partial charge in [0.15, 0.2) is 0 Å². The Hall–Kier alpha value is -1.06. The minimum atomic E-state index is 0.639. The molecular formula is C16H26N2O. The van der Waals surface area contributed by atoms with E-state index >= 15 is 0 Å². The summed E-state index contributed by atoms with van der Waals surface area (Å²) < 4.78 is 5.21. The normalized spacial score (nSPS) is 19.7. The molecule has 3 nitrogen and oxygen atoms in total. The molecule has 0 bridgehead atoms. The summed E-state index contributed by atoms with van der Waals surface area (Å²) in [6, 6.07) is 9.36. The molecule has 1 atom stereocenters. The number of piperidine rings is 1. The molecule has 2 rings (SSSR count). The average Bonchev–Trinajstić information content (AvgIpc) is 2.46. The molecule has 0 aliphatic carbocycles. The Bertz CT molecular complexity index is 381. The van der Waals surface area contributed by atoms with Gasteiger partial charge in [0.2, 0.25) is 0 Å². The topological polar surface area (TPSA) is 24.5 Å². The lowest BCUT2D eigenvalue weighted by Gasteiger charge is -2.35. The minimum Gasteiger partial charge on any atom is -0.380 e. The SMILES string of the molecule is CCCNC1CCCN(c2cccc(COC)c2)C1. The Morgan fingerprint density at radius 1 is 1.42 bits per heavy atom. The quantitative estimate of drug-likeness (QED) is 0.853. The second-order valence-corrected chi connectivity index (χ2v) is 5.34. The van der Waals surface area contributed by atoms with Crippen molar-refractivity contribution < 1.29 is 4.74 Å². The summed E-state index contributed by atoms with van der Waals surface area (Å²) in [5.74, 6) is 0. The first-order chi connectivity index (χ1) is 9.33. The molecule has 0 spiro atoms. The van der Waals surface area contributed by atoms with Crippen molar-refractivity contribution in [1.29, 1.82) is 0 Å². The molecule has 1 saturated heterocycles. The highest BCUT2D eigenvalue weighted by molar-refractivity contribution is 5.49. The Morgan fingerprint density at radius 3 is 3.11 bits per heavy atom. The van der Waals surface area contributed by atoms with Gasteiger partial charge in [0, 0.05) is 31.9 Å². The molecule has 19 heavy (non-hydrogen) atoms. The number of benzene rings is 1. The molecule has 1 aliphatic heterocycles. The maximum atomic E-state index is 5.21. The molecule has 1 N–H and O–H groups in total. The third-order valence-electron chi connectivity index (χ3n) is 3.69. The van der Waals surface area contributed by atoms with Crippen molar-refractivity contribution in [2.24, 2.45) is 0 Å². The predicted octanol–water partition coefficient (Wildman–Crippen LogP) is 2.80. The first-order valence-corrected chi connectivity index (χ1v) is 7.39. The lowest BCUT2D eigenvalue weighted by molar-refractivity contribution is 0.185. The van der Waals surface area contributed by atoms with Crippen LogP contribution in [0.15, 0.2) is 24.3 Å². The van der Waals surface area contributed by atoms with Gasteiger partial charge < -0.3 is 15.0 Å². The Labute approximate surface area is 116 Å². The van der Waals surface area contributed by atoms with Gasteiger partial charge in [-0.3, -0.25) is 0 Å². The molecule has 3 heteroatoms. The number of hydrogen-bond donors (Lipinski definition) is 1. The molecule has 0 radical (unpaired) electrons. The van der Waals surface area contributed by atoms with Crippen LogP contribution in [0.3, 0.4) is 0 Å². The van der Waals surface area contributed by atoms with E-state index in [1.807, 2.05) is 0 Å². The molecule has 1 fully saturated rings. The summed E-state index contributed by atoms with van der Waals surface area (Å²) in [6.45, 7) is 6.33. The first-order valence-electron chi connectivity index (χ1n) is 7.39. The standard InChI is InChI=1S/C16H26N2O/c1-3-9-17-15-7-5-10-18(12-15)16-8-4-6-14(11-16)13-19-2/h4,6,8,11,15,17H,3,5,7,9-10,12-13H2,1-2H3. The second kappa shape index (κ2) is 7.51. The zero-order valence-corrected chi connectivity index (χ0v) is 12.2. The lowest BCUT2D eigenvalue weighted by Crippen LogP contribution is -2.46. The smallest absolute Gasteiger partial charge is 0.0713 e. The Balaban J connectivity index is 1.98. The Kier molecular flexibility index (Phi) is 5.67. The number of nitrogens with one attached hydrogen (secondary N) is 1. The van der Waals surface area contributed by atoms with Crippen LogP contribution in [0.4, 0.5) is 5.69 Å². The summed E-state index contributed by atoms with van der Waals surface area (Å²) in [5.41, 5.74) is 2.58. The summed E-state index contributed by atoms with van der Waals surface area (Å²) in [6.07, 6.45) is 3.78. The van der Waals surface area contributed by atoms with Crippen molar-refractivity contribution >= 4 is 5.69 Å². The average molecular weight is 262 g/mol. The van der Waals surface area contributed by atoms with Crippen LogP contribution in [0.2, 0.25) is 0 Å². The zero-order chi connectivity index (χ0) is 13.5. The Morgan fingerprint density at radius 2 is 2.32 bits per heavy atom. The number of rotatable bonds is 6. The van der Waals surface area contributed by atoms with Crippen LogP contribution in [0, 0.1) is 0 Å². The lowest BCUT2D eigenvalue weighted by atomic mass is 10.0. The van der Waals surface area contributed by atoms with Crippen LogP contribution in [0.1, 0.15) is 31.7 Å². The van der Waals surface area contributed by atoms with Crippen molar-refractivity contribution in [3.05, 3.63) is 29.8 Å².